The van der Waals surface area contributed by atoms with Crippen molar-refractivity contribution in [3.05, 3.63) is 30.3 Å². The summed E-state index contributed by atoms with van der Waals surface area (Å²) in [7, 11) is -1.66. The molecule has 0 saturated heterocycles. The summed E-state index contributed by atoms with van der Waals surface area (Å²) in [6, 6.07) is 10.5. The Morgan fingerprint density at radius 2 is 0.821 bits per heavy atom. The van der Waals surface area contributed by atoms with Gasteiger partial charge in [0.15, 0.2) is 10.1 Å². The van der Waals surface area contributed by atoms with Crippen molar-refractivity contribution in [3.8, 4) is 0 Å². The van der Waals surface area contributed by atoms with E-state index in [-0.39, 0.29) is 0 Å². The summed E-state index contributed by atoms with van der Waals surface area (Å²) in [6.07, 6.45) is -7.89. The molecule has 0 spiro atoms. The van der Waals surface area contributed by atoms with Crippen molar-refractivity contribution >= 4 is 15.8 Å². The zero-order valence-corrected chi connectivity index (χ0v) is 19.7. The lowest BCUT2D eigenvalue weighted by molar-refractivity contribution is -0.458. The van der Waals surface area contributed by atoms with Gasteiger partial charge in [-0.05, 0) is 12.1 Å². The van der Waals surface area contributed by atoms with Crippen LogP contribution in [0, 0.1) is 0 Å². The monoisotopic (exact) mass is 635 g/mol. The molecule has 1 aromatic carbocycles. The van der Waals surface area contributed by atoms with Gasteiger partial charge in [-0.1, -0.05) is 18.2 Å². The number of nitrogens with zero attached hydrogens (tertiary/aromatic N) is 1. The first-order valence-electron chi connectivity index (χ1n) is 9.14. The van der Waals surface area contributed by atoms with Crippen molar-refractivity contribution in [2.75, 3.05) is 21.1 Å². The quantitative estimate of drug-likeness (QED) is 0.189. The summed E-state index contributed by atoms with van der Waals surface area (Å²) in [4.78, 5) is 0. The van der Waals surface area contributed by atoms with Gasteiger partial charge in [0.25, 0.3) is 0 Å². The fourth-order valence-electron chi connectivity index (χ4n) is 2.18. The summed E-state index contributed by atoms with van der Waals surface area (Å²) in [5.41, 5.74) is 1.34. The van der Waals surface area contributed by atoms with Crippen LogP contribution in [0.15, 0.2) is 30.3 Å². The third-order valence-electron chi connectivity index (χ3n) is 4.54. The van der Waals surface area contributed by atoms with E-state index in [4.69, 9.17) is 0 Å². The highest BCUT2D eigenvalue weighted by molar-refractivity contribution is 7.86. The van der Waals surface area contributed by atoms with Crippen LogP contribution in [-0.4, -0.2) is 81.1 Å². The first-order chi connectivity index (χ1) is 16.6. The molecule has 230 valence electrons. The Labute approximate surface area is 207 Å². The van der Waals surface area contributed by atoms with E-state index in [9.17, 15) is 87.6 Å². The second-order valence-corrected chi connectivity index (χ2v) is 9.68. The molecule has 0 atom stereocenters. The zero-order chi connectivity index (χ0) is 32.1. The first-order valence-corrected chi connectivity index (χ1v) is 10.6. The highest BCUT2D eigenvalue weighted by Gasteiger charge is 2.95. The summed E-state index contributed by atoms with van der Waals surface area (Å²) in [5.74, 6) is -52.1. The van der Waals surface area contributed by atoms with Crippen molar-refractivity contribution in [2.45, 2.75) is 47.0 Å². The highest BCUT2D eigenvalue weighted by Crippen LogP contribution is 2.64. The molecule has 0 saturated carbocycles. The fourth-order valence-corrected chi connectivity index (χ4v) is 2.62. The van der Waals surface area contributed by atoms with Gasteiger partial charge in [-0.25, -0.2) is 8.42 Å². The molecule has 22 heteroatoms. The predicted molar refractivity (Wildman–Crippen MR) is 96.4 cm³/mol. The molecule has 0 aromatic heterocycles. The number of rotatable bonds is 8. The van der Waals surface area contributed by atoms with Crippen molar-refractivity contribution in [2.24, 2.45) is 0 Å². The third kappa shape index (κ3) is 5.86. The van der Waals surface area contributed by atoms with Crippen molar-refractivity contribution in [1.82, 2.24) is 4.48 Å². The SMILES string of the molecule is C[N+](C)(C)c1ccccc1.O=S(=O)([O-])C(F)(F)C(F)(F)C(F)(F)C(F)(F)C(F)(F)C(F)(F)C(F)(F)C(F)(F)F. The molecule has 0 radical (unpaired) electrons. The molecule has 4 nitrogen and oxygen atoms in total. The van der Waals surface area contributed by atoms with Gasteiger partial charge in [-0.15, -0.1) is 0 Å². The number of benzene rings is 1. The maximum atomic E-state index is 13.0. The normalized spacial score (nSPS) is 15.5. The zero-order valence-electron chi connectivity index (χ0n) is 18.9. The van der Waals surface area contributed by atoms with Crippen LogP contribution < -0.4 is 4.48 Å². The Morgan fingerprint density at radius 3 is 1.05 bits per heavy atom. The lowest BCUT2D eigenvalue weighted by atomic mass is 9.91. The number of para-hydroxylation sites is 1. The van der Waals surface area contributed by atoms with Crippen LogP contribution in [0.3, 0.4) is 0 Å². The molecule has 0 unspecified atom stereocenters. The molecule has 0 aliphatic rings. The average Bonchev–Trinajstić information content (AvgIpc) is 2.71. The van der Waals surface area contributed by atoms with Crippen LogP contribution in [0.4, 0.5) is 80.3 Å². The second kappa shape index (κ2) is 10.1. The van der Waals surface area contributed by atoms with E-state index < -0.39 is 57.1 Å². The van der Waals surface area contributed by atoms with Crippen molar-refractivity contribution in [1.29, 1.82) is 0 Å². The Bertz CT molecular complexity index is 1090. The fraction of sp³-hybridized carbons (Fsp3) is 0.647. The smallest absolute Gasteiger partial charge is 0.460 e. The molecule has 0 amide bonds. The van der Waals surface area contributed by atoms with Gasteiger partial charge in [0.2, 0.25) is 0 Å². The van der Waals surface area contributed by atoms with Crippen molar-refractivity contribution in [3.63, 3.8) is 0 Å². The molecule has 0 fully saturated rings. The molecule has 39 heavy (non-hydrogen) atoms. The molecule has 0 N–H and O–H groups in total. The largest absolute Gasteiger partial charge is 0.743 e. The summed E-state index contributed by atoms with van der Waals surface area (Å²) in [6.45, 7) is 0. The second-order valence-electron chi connectivity index (χ2n) is 8.26. The minimum absolute atomic E-state index is 0.890. The topological polar surface area (TPSA) is 57.2 Å². The number of hydrogen-bond donors (Lipinski definition) is 0. The summed E-state index contributed by atoms with van der Waals surface area (Å²) >= 11 is 0. The molecule has 0 aliphatic carbocycles. The number of alkyl halides is 17. The summed E-state index contributed by atoms with van der Waals surface area (Å²) < 4.78 is 245. The Hall–Kier alpha value is -2.10. The van der Waals surface area contributed by atoms with E-state index in [2.05, 4.69) is 45.4 Å². The van der Waals surface area contributed by atoms with Gasteiger partial charge in [-0.2, -0.15) is 74.6 Å². The van der Waals surface area contributed by atoms with E-state index in [0.717, 1.165) is 4.48 Å². The van der Waals surface area contributed by atoms with Gasteiger partial charge < -0.3 is 4.55 Å². The molecule has 1 rings (SSSR count). The maximum Gasteiger partial charge on any atom is 0.460 e. The first kappa shape index (κ1) is 36.9. The van der Waals surface area contributed by atoms with Crippen LogP contribution in [-0.2, 0) is 10.1 Å². The van der Waals surface area contributed by atoms with Crippen LogP contribution in [0.2, 0.25) is 0 Å². The van der Waals surface area contributed by atoms with E-state index >= 15 is 0 Å². The Balaban J connectivity index is 0.00000120. The molecule has 0 bridgehead atoms. The molecule has 1 aromatic rings. The van der Waals surface area contributed by atoms with E-state index in [1.165, 1.54) is 5.69 Å². The average molecular weight is 635 g/mol. The van der Waals surface area contributed by atoms with Gasteiger partial charge in [0, 0.05) is 0 Å². The Kier molecular flexibility index (Phi) is 9.53. The van der Waals surface area contributed by atoms with Gasteiger partial charge in [-0.3, -0.25) is 4.48 Å². The maximum absolute atomic E-state index is 13.0. The molecule has 0 heterocycles. The lowest BCUT2D eigenvalue weighted by Crippen LogP contribution is -2.75. The molecular weight excluding hydrogens is 621 g/mol. The highest BCUT2D eigenvalue weighted by atomic mass is 32.2. The number of quaternary nitrogens is 1. The Morgan fingerprint density at radius 1 is 0.538 bits per heavy atom. The van der Waals surface area contributed by atoms with E-state index in [1.54, 1.807) is 0 Å². The van der Waals surface area contributed by atoms with Gasteiger partial charge in [0.1, 0.15) is 5.69 Å². The van der Waals surface area contributed by atoms with Crippen LogP contribution in [0.5, 0.6) is 0 Å². The van der Waals surface area contributed by atoms with Crippen LogP contribution in [0.25, 0.3) is 0 Å². The van der Waals surface area contributed by atoms with Crippen molar-refractivity contribution < 1.29 is 87.6 Å². The number of halogens is 17. The molecular formula is C17H14F17NO3S. The minimum Gasteiger partial charge on any atom is -0.743 e. The minimum atomic E-state index is -8.92. The summed E-state index contributed by atoms with van der Waals surface area (Å²) in [5, 5.41) is -7.95. The van der Waals surface area contributed by atoms with Gasteiger partial charge >= 0.3 is 47.0 Å². The molecule has 0 aliphatic heterocycles. The van der Waals surface area contributed by atoms with Gasteiger partial charge in [0.05, 0.1) is 21.1 Å². The van der Waals surface area contributed by atoms with E-state index in [0.29, 0.717) is 0 Å². The number of hydrogen-bond acceptors (Lipinski definition) is 3. The third-order valence-corrected chi connectivity index (χ3v) is 5.42. The lowest BCUT2D eigenvalue weighted by Gasteiger charge is -2.42. The van der Waals surface area contributed by atoms with Crippen LogP contribution >= 0.6 is 0 Å². The van der Waals surface area contributed by atoms with E-state index in [1.807, 2.05) is 6.07 Å². The predicted octanol–water partition coefficient (Wildman–Crippen LogP) is 6.38. The van der Waals surface area contributed by atoms with Crippen LogP contribution in [0.1, 0.15) is 0 Å². The standard InChI is InChI=1S/C9H14N.C8HF17O3S/c1-10(2,3)9-7-5-4-6-8-9;9-1(10,3(13,14)5(17,18)7(21,22)23)2(11,12)4(15,16)6(19,20)8(24,25)29(26,27)28/h4-8H,1-3H3;(H,26,27,28)/q+1;/p-1.